The molecule has 114 valence electrons. The van der Waals surface area contributed by atoms with Crippen LogP contribution in [-0.2, 0) is 0 Å². The molecule has 0 spiro atoms. The molecule has 6 heteroatoms. The number of thiophene rings is 1. The van der Waals surface area contributed by atoms with E-state index in [2.05, 4.69) is 28.5 Å². The SMILES string of the molecule is Cc1csc(-c2cnn3ccc(C(N)c4cccnc4)nc23)c1. The van der Waals surface area contributed by atoms with Crippen LogP contribution in [0.4, 0.5) is 0 Å². The Labute approximate surface area is 137 Å². The molecule has 0 radical (unpaired) electrons. The number of hydrogen-bond acceptors (Lipinski definition) is 5. The quantitative estimate of drug-likeness (QED) is 0.629. The molecule has 5 nitrogen and oxygen atoms in total. The van der Waals surface area contributed by atoms with Crippen molar-refractivity contribution in [3.63, 3.8) is 0 Å². The summed E-state index contributed by atoms with van der Waals surface area (Å²) in [7, 11) is 0. The van der Waals surface area contributed by atoms with Crippen LogP contribution in [0.3, 0.4) is 0 Å². The molecule has 0 bridgehead atoms. The van der Waals surface area contributed by atoms with Crippen molar-refractivity contribution in [1.29, 1.82) is 0 Å². The molecule has 0 saturated heterocycles. The molecule has 0 aliphatic carbocycles. The number of pyridine rings is 1. The predicted octanol–water partition coefficient (Wildman–Crippen LogP) is 3.21. The fraction of sp³-hybridized carbons (Fsp3) is 0.118. The Morgan fingerprint density at radius 1 is 1.26 bits per heavy atom. The highest BCUT2D eigenvalue weighted by Crippen LogP contribution is 2.30. The molecule has 4 heterocycles. The molecule has 1 unspecified atom stereocenters. The first kappa shape index (κ1) is 14.0. The van der Waals surface area contributed by atoms with Crippen LogP contribution in [0.1, 0.15) is 22.9 Å². The minimum Gasteiger partial charge on any atom is -0.319 e. The zero-order valence-electron chi connectivity index (χ0n) is 12.5. The van der Waals surface area contributed by atoms with Crippen LogP contribution in [0.25, 0.3) is 16.1 Å². The van der Waals surface area contributed by atoms with Gasteiger partial charge in [-0.3, -0.25) is 4.98 Å². The van der Waals surface area contributed by atoms with Crippen molar-refractivity contribution >= 4 is 17.0 Å². The van der Waals surface area contributed by atoms with E-state index in [9.17, 15) is 0 Å². The van der Waals surface area contributed by atoms with Gasteiger partial charge >= 0.3 is 0 Å². The van der Waals surface area contributed by atoms with E-state index >= 15 is 0 Å². The molecule has 0 saturated carbocycles. The fourth-order valence-corrected chi connectivity index (χ4v) is 3.44. The molecule has 1 atom stereocenters. The Balaban J connectivity index is 1.81. The number of rotatable bonds is 3. The van der Waals surface area contributed by atoms with Gasteiger partial charge in [-0.15, -0.1) is 11.3 Å². The van der Waals surface area contributed by atoms with E-state index in [1.165, 1.54) is 5.56 Å². The van der Waals surface area contributed by atoms with Gasteiger partial charge in [0.2, 0.25) is 0 Å². The van der Waals surface area contributed by atoms with Crippen molar-refractivity contribution < 1.29 is 0 Å². The molecule has 0 aliphatic heterocycles. The summed E-state index contributed by atoms with van der Waals surface area (Å²) in [5.41, 5.74) is 11.2. The summed E-state index contributed by atoms with van der Waals surface area (Å²) in [5.74, 6) is 0. The third kappa shape index (κ3) is 2.52. The van der Waals surface area contributed by atoms with Gasteiger partial charge in [-0.05, 0) is 41.6 Å². The Kier molecular flexibility index (Phi) is 3.40. The Bertz CT molecular complexity index is 957. The van der Waals surface area contributed by atoms with Crippen LogP contribution >= 0.6 is 11.3 Å². The van der Waals surface area contributed by atoms with Gasteiger partial charge < -0.3 is 5.73 Å². The molecular formula is C17H15N5S. The van der Waals surface area contributed by atoms with Gasteiger partial charge in [0.1, 0.15) is 0 Å². The van der Waals surface area contributed by atoms with E-state index < -0.39 is 0 Å². The zero-order chi connectivity index (χ0) is 15.8. The van der Waals surface area contributed by atoms with Crippen LogP contribution in [0, 0.1) is 6.92 Å². The van der Waals surface area contributed by atoms with Gasteiger partial charge in [0.25, 0.3) is 0 Å². The molecule has 23 heavy (non-hydrogen) atoms. The van der Waals surface area contributed by atoms with Crippen LogP contribution in [0.5, 0.6) is 0 Å². The van der Waals surface area contributed by atoms with Crippen LogP contribution in [0.2, 0.25) is 0 Å². The highest BCUT2D eigenvalue weighted by molar-refractivity contribution is 7.13. The second kappa shape index (κ2) is 5.57. The lowest BCUT2D eigenvalue weighted by Gasteiger charge is -2.11. The van der Waals surface area contributed by atoms with Crippen molar-refractivity contribution in [3.05, 3.63) is 71.3 Å². The summed E-state index contributed by atoms with van der Waals surface area (Å²) >= 11 is 1.70. The van der Waals surface area contributed by atoms with Gasteiger partial charge in [0, 0.05) is 23.5 Å². The molecule has 4 aromatic rings. The van der Waals surface area contributed by atoms with E-state index in [4.69, 9.17) is 10.7 Å². The Morgan fingerprint density at radius 2 is 2.17 bits per heavy atom. The van der Waals surface area contributed by atoms with Crippen LogP contribution in [-0.4, -0.2) is 19.6 Å². The maximum Gasteiger partial charge on any atom is 0.163 e. The first-order valence-electron chi connectivity index (χ1n) is 7.27. The monoisotopic (exact) mass is 321 g/mol. The average molecular weight is 321 g/mol. The van der Waals surface area contributed by atoms with E-state index in [0.717, 1.165) is 27.3 Å². The summed E-state index contributed by atoms with van der Waals surface area (Å²) in [6.45, 7) is 2.09. The van der Waals surface area contributed by atoms with Crippen molar-refractivity contribution in [2.24, 2.45) is 5.73 Å². The minimum atomic E-state index is -0.304. The molecule has 4 aromatic heterocycles. The summed E-state index contributed by atoms with van der Waals surface area (Å²) < 4.78 is 1.78. The Hall–Kier alpha value is -2.57. The van der Waals surface area contributed by atoms with Crippen molar-refractivity contribution in [2.75, 3.05) is 0 Å². The number of fused-ring (bicyclic) bond motifs is 1. The first-order chi connectivity index (χ1) is 11.2. The minimum absolute atomic E-state index is 0.304. The van der Waals surface area contributed by atoms with Gasteiger partial charge in [-0.25, -0.2) is 9.50 Å². The van der Waals surface area contributed by atoms with E-state index in [-0.39, 0.29) is 6.04 Å². The second-order valence-electron chi connectivity index (χ2n) is 5.43. The maximum atomic E-state index is 6.34. The summed E-state index contributed by atoms with van der Waals surface area (Å²) in [4.78, 5) is 10.0. The molecule has 2 N–H and O–H groups in total. The average Bonchev–Trinajstić information content (AvgIpc) is 3.20. The third-order valence-electron chi connectivity index (χ3n) is 3.75. The number of aromatic nitrogens is 4. The predicted molar refractivity (Wildman–Crippen MR) is 91.3 cm³/mol. The smallest absolute Gasteiger partial charge is 0.163 e. The molecule has 0 fully saturated rings. The zero-order valence-corrected chi connectivity index (χ0v) is 13.4. The normalized spacial score (nSPS) is 12.6. The van der Waals surface area contributed by atoms with E-state index in [1.807, 2.05) is 30.6 Å². The molecular weight excluding hydrogens is 306 g/mol. The number of nitrogens with zero attached hydrogens (tertiary/aromatic N) is 4. The third-order valence-corrected chi connectivity index (χ3v) is 4.83. The highest BCUT2D eigenvalue weighted by atomic mass is 32.1. The lowest BCUT2D eigenvalue weighted by molar-refractivity contribution is 0.809. The van der Waals surface area contributed by atoms with Crippen molar-refractivity contribution in [1.82, 2.24) is 19.6 Å². The van der Waals surface area contributed by atoms with Crippen molar-refractivity contribution in [3.8, 4) is 10.4 Å². The maximum absolute atomic E-state index is 6.34. The Morgan fingerprint density at radius 3 is 2.91 bits per heavy atom. The first-order valence-corrected chi connectivity index (χ1v) is 8.15. The van der Waals surface area contributed by atoms with Crippen LogP contribution in [0.15, 0.2) is 54.4 Å². The summed E-state index contributed by atoms with van der Waals surface area (Å²) in [5, 5.41) is 6.51. The summed E-state index contributed by atoms with van der Waals surface area (Å²) in [6, 6.07) is 7.59. The summed E-state index contributed by atoms with van der Waals surface area (Å²) in [6.07, 6.45) is 7.27. The van der Waals surface area contributed by atoms with Gasteiger partial charge in [-0.1, -0.05) is 6.07 Å². The number of aryl methyl sites for hydroxylation is 1. The number of nitrogens with two attached hydrogens (primary N) is 1. The van der Waals surface area contributed by atoms with Gasteiger partial charge in [-0.2, -0.15) is 5.10 Å². The van der Waals surface area contributed by atoms with Crippen LogP contribution < -0.4 is 5.73 Å². The molecule has 0 aromatic carbocycles. The van der Waals surface area contributed by atoms with E-state index in [0.29, 0.717) is 0 Å². The fourth-order valence-electron chi connectivity index (χ4n) is 2.53. The second-order valence-corrected chi connectivity index (χ2v) is 6.34. The van der Waals surface area contributed by atoms with Gasteiger partial charge in [0.05, 0.1) is 23.5 Å². The standard InChI is InChI=1S/C17H15N5S/c1-11-7-15(23-10-11)13-9-20-22-6-4-14(21-17(13)22)16(18)12-3-2-5-19-8-12/h2-10,16H,18H2,1H3. The van der Waals surface area contributed by atoms with E-state index in [1.54, 1.807) is 28.2 Å². The van der Waals surface area contributed by atoms with Crippen molar-refractivity contribution in [2.45, 2.75) is 13.0 Å². The van der Waals surface area contributed by atoms with Gasteiger partial charge in [0.15, 0.2) is 5.65 Å². The molecule has 0 amide bonds. The lowest BCUT2D eigenvalue weighted by atomic mass is 10.1. The largest absolute Gasteiger partial charge is 0.319 e. The topological polar surface area (TPSA) is 69.1 Å². The highest BCUT2D eigenvalue weighted by Gasteiger charge is 2.15. The number of hydrogen-bond donors (Lipinski definition) is 1. The molecule has 4 rings (SSSR count). The lowest BCUT2D eigenvalue weighted by Crippen LogP contribution is -2.14. The molecule has 0 aliphatic rings.